The predicted octanol–water partition coefficient (Wildman–Crippen LogP) is 4.28. The van der Waals surface area contributed by atoms with Crippen LogP contribution in [0.4, 0.5) is 0 Å². The highest BCUT2D eigenvalue weighted by atomic mass is 35.5. The average Bonchev–Trinajstić information content (AvgIpc) is 2.64. The number of benzene rings is 2. The molecule has 0 aliphatic carbocycles. The Hall–Kier alpha value is -1.30. The van der Waals surface area contributed by atoms with Gasteiger partial charge in [0.1, 0.15) is 11.9 Å². The fraction of sp³-hybridized carbons (Fsp3) is 0.368. The third kappa shape index (κ3) is 4.66. The molecule has 2 unspecified atom stereocenters. The Balaban J connectivity index is 1.66. The zero-order chi connectivity index (χ0) is 17.8. The molecule has 2 aromatic carbocycles. The molecule has 1 aliphatic rings. The lowest BCUT2D eigenvalue weighted by molar-refractivity contribution is 0.0255. The molecule has 0 amide bonds. The van der Waals surface area contributed by atoms with Gasteiger partial charge in [0.15, 0.2) is 0 Å². The van der Waals surface area contributed by atoms with E-state index in [1.54, 1.807) is 18.2 Å². The van der Waals surface area contributed by atoms with Crippen molar-refractivity contribution in [2.75, 3.05) is 13.2 Å². The van der Waals surface area contributed by atoms with E-state index in [2.05, 4.69) is 0 Å². The smallest absolute Gasteiger partial charge is 0.119 e. The van der Waals surface area contributed by atoms with Crippen LogP contribution in [0.1, 0.15) is 36.1 Å². The van der Waals surface area contributed by atoms with E-state index in [4.69, 9.17) is 38.4 Å². The van der Waals surface area contributed by atoms with Gasteiger partial charge in [-0.3, -0.25) is 0 Å². The Bertz CT molecular complexity index is 702. The van der Waals surface area contributed by atoms with Crippen LogP contribution in [0.2, 0.25) is 10.0 Å². The molecule has 0 radical (unpaired) electrons. The number of rotatable bonds is 5. The molecule has 3 rings (SSSR count). The molecule has 0 saturated carbocycles. The van der Waals surface area contributed by atoms with Crippen molar-refractivity contribution in [1.29, 1.82) is 0 Å². The van der Waals surface area contributed by atoms with Gasteiger partial charge in [0, 0.05) is 12.8 Å². The van der Waals surface area contributed by atoms with Gasteiger partial charge in [-0.1, -0.05) is 41.4 Å². The van der Waals surface area contributed by atoms with Crippen molar-refractivity contribution in [1.82, 2.24) is 0 Å². The number of hydrogen-bond donors (Lipinski definition) is 2. The maximum atomic E-state index is 10.6. The molecule has 2 atom stereocenters. The van der Waals surface area contributed by atoms with Crippen LogP contribution in [0.15, 0.2) is 42.5 Å². The lowest BCUT2D eigenvalue weighted by Crippen LogP contribution is -2.25. The van der Waals surface area contributed by atoms with Gasteiger partial charge in [0.05, 0.1) is 35.4 Å². The third-order valence-electron chi connectivity index (χ3n) is 4.36. The molecular formula is C19H21Cl2NO3. The number of ether oxygens (including phenoxy) is 2. The first-order valence-corrected chi connectivity index (χ1v) is 9.03. The summed E-state index contributed by atoms with van der Waals surface area (Å²) in [6.07, 6.45) is 1.12. The standard InChI is InChI=1S/C19H21Cl2NO3/c20-16-6-3-13(11-17(16)21)18(22)19(23)12-1-4-14(5-2-12)25-15-7-9-24-10-8-15/h1-6,11,15,18-19,23H,7-10,22H2. The van der Waals surface area contributed by atoms with Crippen molar-refractivity contribution >= 4 is 23.2 Å². The number of nitrogens with two attached hydrogens (primary N) is 1. The van der Waals surface area contributed by atoms with Crippen molar-refractivity contribution in [2.45, 2.75) is 31.1 Å². The highest BCUT2D eigenvalue weighted by Gasteiger charge is 2.20. The van der Waals surface area contributed by atoms with E-state index in [0.717, 1.165) is 42.9 Å². The molecule has 1 fully saturated rings. The fourth-order valence-electron chi connectivity index (χ4n) is 2.84. The molecular weight excluding hydrogens is 361 g/mol. The van der Waals surface area contributed by atoms with Gasteiger partial charge in [0.25, 0.3) is 0 Å². The Morgan fingerprint density at radius 3 is 2.28 bits per heavy atom. The second-order valence-electron chi connectivity index (χ2n) is 6.14. The molecule has 2 aromatic rings. The molecule has 1 saturated heterocycles. The predicted molar refractivity (Wildman–Crippen MR) is 99.3 cm³/mol. The van der Waals surface area contributed by atoms with E-state index in [-0.39, 0.29) is 6.10 Å². The first-order chi connectivity index (χ1) is 12.0. The van der Waals surface area contributed by atoms with Crippen molar-refractivity contribution < 1.29 is 14.6 Å². The molecule has 25 heavy (non-hydrogen) atoms. The second kappa shape index (κ2) is 8.39. The van der Waals surface area contributed by atoms with Crippen LogP contribution in [0.25, 0.3) is 0 Å². The minimum atomic E-state index is -0.852. The minimum Gasteiger partial charge on any atom is -0.490 e. The van der Waals surface area contributed by atoms with Gasteiger partial charge < -0.3 is 20.3 Å². The zero-order valence-corrected chi connectivity index (χ0v) is 15.2. The Labute approximate surface area is 157 Å². The first-order valence-electron chi connectivity index (χ1n) is 8.27. The van der Waals surface area contributed by atoms with Gasteiger partial charge in [-0.15, -0.1) is 0 Å². The van der Waals surface area contributed by atoms with E-state index in [1.165, 1.54) is 0 Å². The van der Waals surface area contributed by atoms with E-state index < -0.39 is 12.1 Å². The van der Waals surface area contributed by atoms with E-state index in [0.29, 0.717) is 10.0 Å². The molecule has 1 aliphatic heterocycles. The second-order valence-corrected chi connectivity index (χ2v) is 6.96. The zero-order valence-electron chi connectivity index (χ0n) is 13.7. The summed E-state index contributed by atoms with van der Waals surface area (Å²) in [5, 5.41) is 11.4. The Kier molecular flexibility index (Phi) is 6.20. The molecule has 6 heteroatoms. The molecule has 0 spiro atoms. The maximum absolute atomic E-state index is 10.6. The van der Waals surface area contributed by atoms with Crippen LogP contribution in [0.5, 0.6) is 5.75 Å². The van der Waals surface area contributed by atoms with Crippen LogP contribution in [-0.2, 0) is 4.74 Å². The topological polar surface area (TPSA) is 64.7 Å². The Morgan fingerprint density at radius 1 is 1.00 bits per heavy atom. The summed E-state index contributed by atoms with van der Waals surface area (Å²) in [5.41, 5.74) is 7.63. The highest BCUT2D eigenvalue weighted by Crippen LogP contribution is 2.31. The van der Waals surface area contributed by atoms with Crippen LogP contribution in [-0.4, -0.2) is 24.4 Å². The number of halogens is 2. The van der Waals surface area contributed by atoms with Crippen LogP contribution in [0, 0.1) is 0 Å². The summed E-state index contributed by atoms with van der Waals surface area (Å²) in [5.74, 6) is 0.783. The van der Waals surface area contributed by atoms with Crippen LogP contribution in [0.3, 0.4) is 0 Å². The monoisotopic (exact) mass is 381 g/mol. The quantitative estimate of drug-likeness (QED) is 0.810. The highest BCUT2D eigenvalue weighted by molar-refractivity contribution is 6.42. The van der Waals surface area contributed by atoms with E-state index in [9.17, 15) is 5.11 Å². The SMILES string of the molecule is NC(c1ccc(Cl)c(Cl)c1)C(O)c1ccc(OC2CCOCC2)cc1. The minimum absolute atomic E-state index is 0.183. The largest absolute Gasteiger partial charge is 0.490 e. The van der Waals surface area contributed by atoms with Crippen molar-refractivity contribution in [3.63, 3.8) is 0 Å². The van der Waals surface area contributed by atoms with Crippen molar-refractivity contribution in [2.24, 2.45) is 5.73 Å². The third-order valence-corrected chi connectivity index (χ3v) is 5.10. The number of hydrogen-bond acceptors (Lipinski definition) is 4. The Morgan fingerprint density at radius 2 is 1.64 bits per heavy atom. The lowest BCUT2D eigenvalue weighted by Gasteiger charge is -2.24. The fourth-order valence-corrected chi connectivity index (χ4v) is 3.15. The van der Waals surface area contributed by atoms with Crippen molar-refractivity contribution in [3.8, 4) is 5.75 Å². The molecule has 0 aromatic heterocycles. The summed E-state index contributed by atoms with van der Waals surface area (Å²) >= 11 is 11.9. The van der Waals surface area contributed by atoms with Crippen LogP contribution < -0.4 is 10.5 Å². The summed E-state index contributed by atoms with van der Waals surface area (Å²) in [7, 11) is 0. The lowest BCUT2D eigenvalue weighted by atomic mass is 9.96. The van der Waals surface area contributed by atoms with E-state index in [1.807, 2.05) is 24.3 Å². The van der Waals surface area contributed by atoms with Crippen molar-refractivity contribution in [3.05, 3.63) is 63.6 Å². The molecule has 3 N–H and O–H groups in total. The summed E-state index contributed by atoms with van der Waals surface area (Å²) < 4.78 is 11.3. The normalized spacial score (nSPS) is 17.9. The first kappa shape index (κ1) is 18.5. The number of aliphatic hydroxyl groups excluding tert-OH is 1. The average molecular weight is 382 g/mol. The summed E-state index contributed by atoms with van der Waals surface area (Å²) in [6, 6.07) is 11.9. The molecule has 0 bridgehead atoms. The van der Waals surface area contributed by atoms with E-state index >= 15 is 0 Å². The maximum Gasteiger partial charge on any atom is 0.119 e. The van der Waals surface area contributed by atoms with Gasteiger partial charge in [-0.05, 0) is 35.4 Å². The summed E-state index contributed by atoms with van der Waals surface area (Å²) in [4.78, 5) is 0. The van der Waals surface area contributed by atoms with Gasteiger partial charge in [-0.2, -0.15) is 0 Å². The molecule has 4 nitrogen and oxygen atoms in total. The number of aliphatic hydroxyl groups is 1. The van der Waals surface area contributed by atoms with Gasteiger partial charge in [0.2, 0.25) is 0 Å². The van der Waals surface area contributed by atoms with Crippen LogP contribution >= 0.6 is 23.2 Å². The summed E-state index contributed by atoms with van der Waals surface area (Å²) in [6.45, 7) is 1.47. The van der Waals surface area contributed by atoms with Gasteiger partial charge >= 0.3 is 0 Å². The van der Waals surface area contributed by atoms with Gasteiger partial charge in [-0.25, -0.2) is 0 Å². The molecule has 1 heterocycles. The molecule has 134 valence electrons.